The number of amides is 2. The van der Waals surface area contributed by atoms with Gasteiger partial charge in [-0.2, -0.15) is 5.10 Å². The van der Waals surface area contributed by atoms with Crippen LogP contribution in [0.4, 0.5) is 0 Å². The zero-order valence-electron chi connectivity index (χ0n) is 13.7. The maximum absolute atomic E-state index is 12.0. The molecule has 1 atom stereocenters. The minimum absolute atomic E-state index is 0.0173. The normalized spacial score (nSPS) is 11.7. The van der Waals surface area contributed by atoms with Crippen molar-refractivity contribution in [2.45, 2.75) is 33.4 Å². The molecule has 1 aromatic heterocycles. The van der Waals surface area contributed by atoms with Crippen molar-refractivity contribution < 1.29 is 14.3 Å². The van der Waals surface area contributed by atoms with E-state index in [4.69, 9.17) is 16.3 Å². The summed E-state index contributed by atoms with van der Waals surface area (Å²) in [6, 6.07) is 8.59. The van der Waals surface area contributed by atoms with Crippen molar-refractivity contribution in [3.8, 4) is 5.75 Å². The number of hydrogen-bond acceptors (Lipinski definition) is 4. The lowest BCUT2D eigenvalue weighted by Gasteiger charge is -2.15. The average Bonchev–Trinajstić information content (AvgIpc) is 2.82. The van der Waals surface area contributed by atoms with E-state index in [9.17, 15) is 9.59 Å². The largest absolute Gasteiger partial charge is 0.481 e. The number of hydrazine groups is 1. The van der Waals surface area contributed by atoms with Crippen molar-refractivity contribution in [1.29, 1.82) is 0 Å². The molecule has 128 valence electrons. The monoisotopic (exact) mass is 350 g/mol. The first kappa shape index (κ1) is 17.8. The van der Waals surface area contributed by atoms with Crippen molar-refractivity contribution in [3.05, 3.63) is 46.7 Å². The number of ether oxygens (including phenoxy) is 1. The summed E-state index contributed by atoms with van der Waals surface area (Å²) in [5.41, 5.74) is 6.36. The summed E-state index contributed by atoms with van der Waals surface area (Å²) in [5.74, 6) is -0.389. The molecule has 2 N–H and O–H groups in total. The Bertz CT molecular complexity index is 745. The lowest BCUT2D eigenvalue weighted by Crippen LogP contribution is -2.48. The molecule has 7 nitrogen and oxygen atoms in total. The Morgan fingerprint density at radius 3 is 2.67 bits per heavy atom. The van der Waals surface area contributed by atoms with E-state index in [-0.39, 0.29) is 12.5 Å². The van der Waals surface area contributed by atoms with Gasteiger partial charge in [0.05, 0.1) is 5.69 Å². The fraction of sp³-hybridized carbons (Fsp3) is 0.312. The molecule has 0 spiro atoms. The van der Waals surface area contributed by atoms with E-state index < -0.39 is 12.0 Å². The Labute approximate surface area is 144 Å². The molecule has 1 unspecified atom stereocenters. The molecule has 0 aliphatic heterocycles. The summed E-state index contributed by atoms with van der Waals surface area (Å²) in [4.78, 5) is 23.8. The van der Waals surface area contributed by atoms with E-state index >= 15 is 0 Å². The third-order valence-electron chi connectivity index (χ3n) is 3.20. The summed E-state index contributed by atoms with van der Waals surface area (Å²) in [6.07, 6.45) is -0.794. The predicted molar refractivity (Wildman–Crippen MR) is 89.5 cm³/mol. The Kier molecular flexibility index (Phi) is 5.81. The molecule has 8 heteroatoms. The van der Waals surface area contributed by atoms with Gasteiger partial charge < -0.3 is 4.74 Å². The molecule has 24 heavy (non-hydrogen) atoms. The third kappa shape index (κ3) is 4.99. The fourth-order valence-electron chi connectivity index (χ4n) is 2.04. The number of halogens is 1. The van der Waals surface area contributed by atoms with E-state index in [1.165, 1.54) is 0 Å². The van der Waals surface area contributed by atoms with Gasteiger partial charge in [0.2, 0.25) is 0 Å². The zero-order chi connectivity index (χ0) is 17.7. The van der Waals surface area contributed by atoms with Gasteiger partial charge in [-0.1, -0.05) is 17.7 Å². The standard InChI is InChI=1S/C16H19ClN4O3/c1-10-7-11(2)21(20-10)9-15(22)18-19-16(23)12(3)24-14-6-4-5-13(17)8-14/h4-8,12H,9H2,1-3H3,(H,18,22)(H,19,23). The van der Waals surface area contributed by atoms with Gasteiger partial charge in [-0.15, -0.1) is 0 Å². The summed E-state index contributed by atoms with van der Waals surface area (Å²) < 4.78 is 7.02. The number of nitrogens with zero attached hydrogens (tertiary/aromatic N) is 2. The highest BCUT2D eigenvalue weighted by molar-refractivity contribution is 6.30. The smallest absolute Gasteiger partial charge is 0.279 e. The summed E-state index contributed by atoms with van der Waals surface area (Å²) in [5, 5.41) is 4.69. The molecule has 0 aliphatic carbocycles. The van der Waals surface area contributed by atoms with E-state index in [1.54, 1.807) is 35.9 Å². The Morgan fingerprint density at radius 1 is 1.29 bits per heavy atom. The molecular formula is C16H19ClN4O3. The molecule has 2 amide bonds. The van der Waals surface area contributed by atoms with Crippen LogP contribution < -0.4 is 15.6 Å². The molecule has 2 rings (SSSR count). The zero-order valence-corrected chi connectivity index (χ0v) is 14.4. The van der Waals surface area contributed by atoms with Crippen LogP contribution in [0.2, 0.25) is 5.02 Å². The molecule has 0 radical (unpaired) electrons. The molecule has 1 aromatic carbocycles. The molecule has 0 bridgehead atoms. The summed E-state index contributed by atoms with van der Waals surface area (Å²) in [6.45, 7) is 5.29. The maximum atomic E-state index is 12.0. The summed E-state index contributed by atoms with van der Waals surface area (Å²) >= 11 is 5.86. The summed E-state index contributed by atoms with van der Waals surface area (Å²) in [7, 11) is 0. The number of hydrogen-bond donors (Lipinski definition) is 2. The van der Waals surface area contributed by atoms with Crippen LogP contribution in [0, 0.1) is 13.8 Å². The van der Waals surface area contributed by atoms with E-state index in [2.05, 4.69) is 16.0 Å². The first-order valence-electron chi connectivity index (χ1n) is 7.37. The topological polar surface area (TPSA) is 85.2 Å². The Morgan fingerprint density at radius 2 is 2.04 bits per heavy atom. The molecule has 2 aromatic rings. The number of carbonyl (C=O) groups excluding carboxylic acids is 2. The molecule has 0 saturated heterocycles. The second-order valence-electron chi connectivity index (χ2n) is 5.34. The van der Waals surface area contributed by atoms with Crippen LogP contribution in [-0.2, 0) is 16.1 Å². The second-order valence-corrected chi connectivity index (χ2v) is 5.78. The number of aryl methyl sites for hydroxylation is 2. The van der Waals surface area contributed by atoms with Gasteiger partial charge in [0, 0.05) is 10.7 Å². The highest BCUT2D eigenvalue weighted by atomic mass is 35.5. The molecular weight excluding hydrogens is 332 g/mol. The minimum Gasteiger partial charge on any atom is -0.481 e. The number of aromatic nitrogens is 2. The van der Waals surface area contributed by atoms with Crippen LogP contribution in [0.25, 0.3) is 0 Å². The first-order chi connectivity index (χ1) is 11.3. The fourth-order valence-corrected chi connectivity index (χ4v) is 2.22. The molecule has 0 saturated carbocycles. The van der Waals surface area contributed by atoms with E-state index in [0.717, 1.165) is 11.4 Å². The van der Waals surface area contributed by atoms with Crippen LogP contribution in [0.3, 0.4) is 0 Å². The van der Waals surface area contributed by atoms with Gasteiger partial charge in [-0.3, -0.25) is 25.1 Å². The highest BCUT2D eigenvalue weighted by Crippen LogP contribution is 2.18. The maximum Gasteiger partial charge on any atom is 0.279 e. The molecule has 0 aliphatic rings. The minimum atomic E-state index is -0.794. The van der Waals surface area contributed by atoms with Crippen LogP contribution >= 0.6 is 11.6 Å². The number of nitrogens with one attached hydrogen (secondary N) is 2. The van der Waals surface area contributed by atoms with Gasteiger partial charge in [0.1, 0.15) is 12.3 Å². The predicted octanol–water partition coefficient (Wildman–Crippen LogP) is 1.77. The molecule has 1 heterocycles. The lowest BCUT2D eigenvalue weighted by atomic mass is 10.3. The van der Waals surface area contributed by atoms with Crippen LogP contribution in [-0.4, -0.2) is 27.7 Å². The second kappa shape index (κ2) is 7.83. The third-order valence-corrected chi connectivity index (χ3v) is 3.44. The number of carbonyl (C=O) groups is 2. The van der Waals surface area contributed by atoms with Gasteiger partial charge >= 0.3 is 0 Å². The Balaban J connectivity index is 1.81. The van der Waals surface area contributed by atoms with Crippen molar-refractivity contribution >= 4 is 23.4 Å². The lowest BCUT2D eigenvalue weighted by molar-refractivity contribution is -0.133. The van der Waals surface area contributed by atoms with Crippen molar-refractivity contribution in [3.63, 3.8) is 0 Å². The van der Waals surface area contributed by atoms with Gasteiger partial charge in [0.25, 0.3) is 11.8 Å². The average molecular weight is 351 g/mol. The van der Waals surface area contributed by atoms with Crippen LogP contribution in [0.5, 0.6) is 5.75 Å². The van der Waals surface area contributed by atoms with Crippen molar-refractivity contribution in [2.24, 2.45) is 0 Å². The van der Waals surface area contributed by atoms with Crippen LogP contribution in [0.15, 0.2) is 30.3 Å². The SMILES string of the molecule is Cc1cc(C)n(CC(=O)NNC(=O)C(C)Oc2cccc(Cl)c2)n1. The van der Waals surface area contributed by atoms with Crippen molar-refractivity contribution in [2.75, 3.05) is 0 Å². The van der Waals surface area contributed by atoms with Gasteiger partial charge in [-0.05, 0) is 45.0 Å². The van der Waals surface area contributed by atoms with Gasteiger partial charge in [-0.25, -0.2) is 0 Å². The van der Waals surface area contributed by atoms with E-state index in [1.807, 2.05) is 19.9 Å². The van der Waals surface area contributed by atoms with Crippen molar-refractivity contribution in [1.82, 2.24) is 20.6 Å². The Hall–Kier alpha value is -2.54. The number of benzene rings is 1. The van der Waals surface area contributed by atoms with Crippen LogP contribution in [0.1, 0.15) is 18.3 Å². The first-order valence-corrected chi connectivity index (χ1v) is 7.75. The highest BCUT2D eigenvalue weighted by Gasteiger charge is 2.16. The quantitative estimate of drug-likeness (QED) is 0.805. The van der Waals surface area contributed by atoms with Gasteiger partial charge in [0.15, 0.2) is 6.10 Å². The molecule has 0 fully saturated rings. The number of rotatable bonds is 5. The van der Waals surface area contributed by atoms with E-state index in [0.29, 0.717) is 10.8 Å².